The molecule has 0 atom stereocenters. The van der Waals surface area contributed by atoms with Crippen LogP contribution < -0.4 is 5.73 Å². The van der Waals surface area contributed by atoms with Gasteiger partial charge in [0.1, 0.15) is 0 Å². The molecule has 1 rings (SSSR count). The van der Waals surface area contributed by atoms with Crippen LogP contribution >= 0.6 is 0 Å². The smallest absolute Gasteiger partial charge is 0.0438 e. The maximum atomic E-state index is 6.29. The van der Waals surface area contributed by atoms with Gasteiger partial charge in [-0.1, -0.05) is 55.4 Å². The molecule has 26 heavy (non-hydrogen) atoms. The molecule has 0 saturated carbocycles. The number of unbranched alkanes of at least 4 members (excludes halogenated alkanes) is 5. The number of anilines is 1. The van der Waals surface area contributed by atoms with Crippen molar-refractivity contribution in [3.05, 3.63) is 47.1 Å². The molecule has 1 nitrogen and oxygen atoms in total. The van der Waals surface area contributed by atoms with Gasteiger partial charge in [-0.2, -0.15) is 0 Å². The van der Waals surface area contributed by atoms with E-state index in [-0.39, 0.29) is 5.41 Å². The highest BCUT2D eigenvalue weighted by molar-refractivity contribution is 5.66. The maximum absolute atomic E-state index is 6.29. The van der Waals surface area contributed by atoms with Crippen LogP contribution in [-0.2, 0) is 6.42 Å². The van der Waals surface area contributed by atoms with E-state index in [1.165, 1.54) is 67.2 Å². The van der Waals surface area contributed by atoms with Crippen molar-refractivity contribution in [3.8, 4) is 12.3 Å². The van der Waals surface area contributed by atoms with Crippen LogP contribution in [0.5, 0.6) is 0 Å². The van der Waals surface area contributed by atoms with Gasteiger partial charge in [0.05, 0.1) is 0 Å². The van der Waals surface area contributed by atoms with E-state index in [4.69, 9.17) is 12.2 Å². The van der Waals surface area contributed by atoms with Crippen LogP contribution in [-0.4, -0.2) is 0 Å². The van der Waals surface area contributed by atoms with E-state index in [0.29, 0.717) is 0 Å². The molecule has 0 aromatic heterocycles. The molecular formula is C25H37N. The Hall–Kier alpha value is -1.94. The van der Waals surface area contributed by atoms with Crippen molar-refractivity contribution in [2.75, 3.05) is 5.73 Å². The number of hydrogen-bond acceptors (Lipinski definition) is 1. The molecule has 0 saturated heterocycles. The van der Waals surface area contributed by atoms with Gasteiger partial charge in [-0.3, -0.25) is 0 Å². The van der Waals surface area contributed by atoms with Crippen LogP contribution in [0.25, 0.3) is 6.08 Å². The first-order chi connectivity index (χ1) is 12.3. The highest BCUT2D eigenvalue weighted by Crippen LogP contribution is 2.27. The largest absolute Gasteiger partial charge is 0.398 e. The van der Waals surface area contributed by atoms with Gasteiger partial charge in [-0.05, 0) is 76.1 Å². The quantitative estimate of drug-likeness (QED) is 0.196. The Kier molecular flexibility index (Phi) is 9.28. The third-order valence-corrected chi connectivity index (χ3v) is 4.93. The molecule has 0 bridgehead atoms. The number of aryl methyl sites for hydroxylation is 1. The van der Waals surface area contributed by atoms with Crippen LogP contribution in [0.2, 0.25) is 0 Å². The van der Waals surface area contributed by atoms with Gasteiger partial charge >= 0.3 is 0 Å². The predicted octanol–water partition coefficient (Wildman–Crippen LogP) is 7.10. The molecule has 0 amide bonds. The first kappa shape index (κ1) is 22.1. The molecule has 1 aromatic rings. The van der Waals surface area contributed by atoms with E-state index >= 15 is 0 Å². The lowest BCUT2D eigenvalue weighted by molar-refractivity contribution is 0.593. The summed E-state index contributed by atoms with van der Waals surface area (Å²) in [7, 11) is 0. The van der Waals surface area contributed by atoms with Crippen molar-refractivity contribution in [1.82, 2.24) is 0 Å². The van der Waals surface area contributed by atoms with Crippen molar-refractivity contribution in [2.45, 2.75) is 79.1 Å². The van der Waals surface area contributed by atoms with Crippen molar-refractivity contribution < 1.29 is 0 Å². The van der Waals surface area contributed by atoms with Gasteiger partial charge in [0, 0.05) is 11.1 Å². The second-order valence-electron chi connectivity index (χ2n) is 8.14. The average molecular weight is 352 g/mol. The molecule has 2 N–H and O–H groups in total. The third kappa shape index (κ3) is 7.96. The zero-order valence-corrected chi connectivity index (χ0v) is 17.3. The summed E-state index contributed by atoms with van der Waals surface area (Å²) in [5, 5.41) is 0. The molecular weight excluding hydrogens is 314 g/mol. The number of nitrogens with two attached hydrogens (primary N) is 1. The summed E-state index contributed by atoms with van der Waals surface area (Å²) in [6.07, 6.45) is 19.8. The fourth-order valence-corrected chi connectivity index (χ4v) is 3.09. The Morgan fingerprint density at radius 3 is 2.38 bits per heavy atom. The maximum Gasteiger partial charge on any atom is 0.0438 e. The average Bonchev–Trinajstić information content (AvgIpc) is 2.59. The molecule has 1 aromatic carbocycles. The molecule has 0 aliphatic carbocycles. The minimum absolute atomic E-state index is 0.238. The molecule has 0 fully saturated rings. The number of terminal acetylenes is 1. The SMILES string of the molecule is C#CC(C)(C)/C=C\c1c(C)ccc(N)c1CCCCCCCCC(=C)C. The number of nitrogen functional groups attached to an aromatic ring is 1. The van der Waals surface area contributed by atoms with Crippen molar-refractivity contribution in [2.24, 2.45) is 5.41 Å². The normalized spacial score (nSPS) is 11.7. The first-order valence-corrected chi connectivity index (χ1v) is 9.96. The fourth-order valence-electron chi connectivity index (χ4n) is 3.09. The Morgan fingerprint density at radius 1 is 1.15 bits per heavy atom. The summed E-state index contributed by atoms with van der Waals surface area (Å²) < 4.78 is 0. The van der Waals surface area contributed by atoms with E-state index in [1.54, 1.807) is 0 Å². The van der Waals surface area contributed by atoms with Gasteiger partial charge in [0.15, 0.2) is 0 Å². The molecule has 0 aliphatic heterocycles. The van der Waals surface area contributed by atoms with E-state index in [2.05, 4.69) is 58.4 Å². The van der Waals surface area contributed by atoms with Crippen LogP contribution in [0, 0.1) is 24.7 Å². The zero-order chi connectivity index (χ0) is 19.6. The first-order valence-electron chi connectivity index (χ1n) is 9.96. The lowest BCUT2D eigenvalue weighted by atomic mass is 9.90. The monoisotopic (exact) mass is 351 g/mol. The molecule has 1 heteroatoms. The molecule has 0 aliphatic rings. The Morgan fingerprint density at radius 2 is 1.77 bits per heavy atom. The summed E-state index contributed by atoms with van der Waals surface area (Å²) in [6, 6.07) is 4.13. The summed E-state index contributed by atoms with van der Waals surface area (Å²) in [5.74, 6) is 2.83. The van der Waals surface area contributed by atoms with E-state index in [1.807, 2.05) is 6.07 Å². The Balaban J connectivity index is 2.60. The number of rotatable bonds is 11. The van der Waals surface area contributed by atoms with Crippen molar-refractivity contribution in [1.29, 1.82) is 0 Å². The summed E-state index contributed by atoms with van der Waals surface area (Å²) in [5.41, 5.74) is 12.0. The number of benzene rings is 1. The van der Waals surface area contributed by atoms with E-state index < -0.39 is 0 Å². The van der Waals surface area contributed by atoms with Crippen LogP contribution in [0.4, 0.5) is 5.69 Å². The highest BCUT2D eigenvalue weighted by Gasteiger charge is 2.11. The van der Waals surface area contributed by atoms with Gasteiger partial charge < -0.3 is 5.73 Å². The molecule has 0 heterocycles. The third-order valence-electron chi connectivity index (χ3n) is 4.93. The van der Waals surface area contributed by atoms with Crippen LogP contribution in [0.1, 0.15) is 82.4 Å². The molecule has 142 valence electrons. The number of hydrogen-bond donors (Lipinski definition) is 1. The van der Waals surface area contributed by atoms with Crippen LogP contribution in [0.3, 0.4) is 0 Å². The highest BCUT2D eigenvalue weighted by atomic mass is 14.6. The van der Waals surface area contributed by atoms with Crippen LogP contribution in [0.15, 0.2) is 30.4 Å². The van der Waals surface area contributed by atoms with Gasteiger partial charge in [0.2, 0.25) is 0 Å². The van der Waals surface area contributed by atoms with Gasteiger partial charge in [0.25, 0.3) is 0 Å². The summed E-state index contributed by atoms with van der Waals surface area (Å²) in [4.78, 5) is 0. The van der Waals surface area contributed by atoms with E-state index in [9.17, 15) is 0 Å². The molecule has 0 unspecified atom stereocenters. The second-order valence-corrected chi connectivity index (χ2v) is 8.14. The van der Waals surface area contributed by atoms with E-state index in [0.717, 1.165) is 12.1 Å². The molecule has 0 radical (unpaired) electrons. The fraction of sp³-hybridized carbons (Fsp3) is 0.520. The lowest BCUT2D eigenvalue weighted by Crippen LogP contribution is -2.04. The van der Waals surface area contributed by atoms with Gasteiger partial charge in [-0.25, -0.2) is 0 Å². The molecule has 0 spiro atoms. The zero-order valence-electron chi connectivity index (χ0n) is 17.3. The second kappa shape index (κ2) is 10.9. The number of allylic oxidation sites excluding steroid dienone is 2. The van der Waals surface area contributed by atoms with Crippen molar-refractivity contribution in [3.63, 3.8) is 0 Å². The summed E-state index contributed by atoms with van der Waals surface area (Å²) in [6.45, 7) is 12.3. The van der Waals surface area contributed by atoms with Crippen molar-refractivity contribution >= 4 is 11.8 Å². The standard InChI is InChI=1S/C25H37N/c1-7-25(5,6)19-18-22-21(4)16-17-24(26)23(22)15-13-11-9-8-10-12-14-20(2)3/h1,16-19H,2,8-15,26H2,3-6H3/b19-18-. The minimum Gasteiger partial charge on any atom is -0.398 e. The van der Waals surface area contributed by atoms with Gasteiger partial charge in [-0.15, -0.1) is 13.0 Å². The summed E-state index contributed by atoms with van der Waals surface area (Å²) >= 11 is 0. The Labute approximate surface area is 161 Å². The topological polar surface area (TPSA) is 26.0 Å². The minimum atomic E-state index is -0.238. The Bertz CT molecular complexity index is 655. The lowest BCUT2D eigenvalue weighted by Gasteiger charge is -2.15. The predicted molar refractivity (Wildman–Crippen MR) is 118 cm³/mol.